The van der Waals surface area contributed by atoms with Gasteiger partial charge in [-0.25, -0.2) is 0 Å². The lowest BCUT2D eigenvalue weighted by molar-refractivity contribution is -0.154. The maximum atomic E-state index is 11.6. The number of carbonyl (C=O) groups is 1. The number of carbonyl (C=O) groups excluding carboxylic acids is 1. The zero-order valence-corrected chi connectivity index (χ0v) is 13.1. The number of pyridine rings is 1. The minimum Gasteiger partial charge on any atom is -0.460 e. The number of hydrogen-bond donors (Lipinski definition) is 2. The molecular weight excluding hydrogens is 270 g/mol. The van der Waals surface area contributed by atoms with Gasteiger partial charge in [0.15, 0.2) is 0 Å². The smallest absolute Gasteiger partial charge is 0.306 e. The molecule has 0 spiro atoms. The molecule has 0 aromatic carbocycles. The highest BCUT2D eigenvalue weighted by atomic mass is 16.6. The van der Waals surface area contributed by atoms with E-state index in [0.717, 1.165) is 24.8 Å². The summed E-state index contributed by atoms with van der Waals surface area (Å²) < 4.78 is 5.25. The molecule has 0 atom stereocenters. The number of nitrogens with zero attached hydrogens (tertiary/aromatic N) is 1. The summed E-state index contributed by atoms with van der Waals surface area (Å²) >= 11 is 0. The molecule has 21 heavy (non-hydrogen) atoms. The molecule has 118 valence electrons. The molecule has 0 aliphatic heterocycles. The summed E-state index contributed by atoms with van der Waals surface area (Å²) in [4.78, 5) is 15.7. The first-order chi connectivity index (χ1) is 9.84. The third kappa shape index (κ3) is 7.20. The molecule has 0 aliphatic rings. The van der Waals surface area contributed by atoms with Crippen molar-refractivity contribution in [2.75, 3.05) is 0 Å². The summed E-state index contributed by atoms with van der Waals surface area (Å²) in [5, 5.41) is 18.3. The average molecular weight is 295 g/mol. The molecule has 0 unspecified atom stereocenters. The molecule has 0 aliphatic carbocycles. The Morgan fingerprint density at radius 3 is 2.19 bits per heavy atom. The largest absolute Gasteiger partial charge is 0.460 e. The van der Waals surface area contributed by atoms with Crippen LogP contribution in [-0.4, -0.2) is 26.8 Å². The van der Waals surface area contributed by atoms with E-state index >= 15 is 0 Å². The molecule has 1 heterocycles. The van der Waals surface area contributed by atoms with Gasteiger partial charge in [-0.15, -0.1) is 0 Å². The topological polar surface area (TPSA) is 79.7 Å². The van der Waals surface area contributed by atoms with Crippen molar-refractivity contribution < 1.29 is 19.7 Å². The van der Waals surface area contributed by atoms with Gasteiger partial charge in [-0.1, -0.05) is 0 Å². The first-order valence-electron chi connectivity index (χ1n) is 7.26. The molecule has 5 heteroatoms. The normalized spacial score (nSPS) is 11.5. The Morgan fingerprint density at radius 2 is 1.71 bits per heavy atom. The first kappa shape index (κ1) is 17.6. The number of aryl methyl sites for hydroxylation is 1. The van der Waals surface area contributed by atoms with Crippen LogP contribution in [0.15, 0.2) is 12.1 Å². The number of ether oxygens (including phenoxy) is 1. The van der Waals surface area contributed by atoms with Crippen LogP contribution in [0.2, 0.25) is 0 Å². The van der Waals surface area contributed by atoms with Gasteiger partial charge in [0.05, 0.1) is 24.6 Å². The van der Waals surface area contributed by atoms with Crippen LogP contribution in [0.4, 0.5) is 0 Å². The Labute approximate surface area is 126 Å². The lowest BCUT2D eigenvalue weighted by Crippen LogP contribution is -2.23. The summed E-state index contributed by atoms with van der Waals surface area (Å²) in [6.45, 7) is 5.29. The molecule has 1 aromatic heterocycles. The van der Waals surface area contributed by atoms with E-state index in [1.807, 2.05) is 32.9 Å². The van der Waals surface area contributed by atoms with Crippen molar-refractivity contribution in [3.05, 3.63) is 29.1 Å². The fourth-order valence-electron chi connectivity index (χ4n) is 2.02. The molecule has 0 saturated carbocycles. The first-order valence-corrected chi connectivity index (χ1v) is 7.26. The third-order valence-corrected chi connectivity index (χ3v) is 2.83. The van der Waals surface area contributed by atoms with Crippen LogP contribution in [0.25, 0.3) is 0 Å². The summed E-state index contributed by atoms with van der Waals surface area (Å²) in [5.74, 6) is -0.177. The van der Waals surface area contributed by atoms with Crippen LogP contribution in [0.5, 0.6) is 0 Å². The Bertz CT molecular complexity index is 444. The molecule has 2 N–H and O–H groups in total. The van der Waals surface area contributed by atoms with Crippen molar-refractivity contribution in [1.82, 2.24) is 4.98 Å². The van der Waals surface area contributed by atoms with E-state index in [4.69, 9.17) is 14.9 Å². The lowest BCUT2D eigenvalue weighted by atomic mass is 10.1. The molecule has 0 bridgehead atoms. The number of aromatic nitrogens is 1. The van der Waals surface area contributed by atoms with Crippen LogP contribution >= 0.6 is 0 Å². The Balaban J connectivity index is 2.40. The Morgan fingerprint density at radius 1 is 1.14 bits per heavy atom. The average Bonchev–Trinajstić information content (AvgIpc) is 2.41. The van der Waals surface area contributed by atoms with Crippen molar-refractivity contribution in [3.8, 4) is 0 Å². The fourth-order valence-corrected chi connectivity index (χ4v) is 2.02. The van der Waals surface area contributed by atoms with E-state index < -0.39 is 5.60 Å². The number of hydrogen-bond acceptors (Lipinski definition) is 5. The van der Waals surface area contributed by atoms with Gasteiger partial charge in [0.2, 0.25) is 0 Å². The predicted octanol–water partition coefficient (Wildman–Crippen LogP) is 2.12. The van der Waals surface area contributed by atoms with Gasteiger partial charge in [0.25, 0.3) is 0 Å². The van der Waals surface area contributed by atoms with Crippen LogP contribution in [0.1, 0.15) is 57.0 Å². The van der Waals surface area contributed by atoms with Crippen LogP contribution in [-0.2, 0) is 29.2 Å². The van der Waals surface area contributed by atoms with Gasteiger partial charge in [-0.2, -0.15) is 0 Å². The molecule has 0 radical (unpaired) electrons. The number of rotatable bonds is 7. The second-order valence-electron chi connectivity index (χ2n) is 6.07. The zero-order chi connectivity index (χ0) is 15.9. The lowest BCUT2D eigenvalue weighted by Gasteiger charge is -2.19. The van der Waals surface area contributed by atoms with Gasteiger partial charge >= 0.3 is 5.97 Å². The quantitative estimate of drug-likeness (QED) is 0.595. The second kappa shape index (κ2) is 8.10. The highest BCUT2D eigenvalue weighted by Gasteiger charge is 2.15. The van der Waals surface area contributed by atoms with Crippen molar-refractivity contribution >= 4 is 5.97 Å². The van der Waals surface area contributed by atoms with Crippen molar-refractivity contribution in [3.63, 3.8) is 0 Å². The van der Waals surface area contributed by atoms with E-state index in [2.05, 4.69) is 4.98 Å². The second-order valence-corrected chi connectivity index (χ2v) is 6.07. The molecule has 1 aromatic rings. The number of esters is 1. The van der Waals surface area contributed by atoms with E-state index in [1.54, 1.807) is 0 Å². The highest BCUT2D eigenvalue weighted by Crippen LogP contribution is 2.13. The minimum absolute atomic E-state index is 0.140. The van der Waals surface area contributed by atoms with Gasteiger partial charge in [0.1, 0.15) is 5.60 Å². The van der Waals surface area contributed by atoms with Crippen LogP contribution in [0, 0.1) is 0 Å². The van der Waals surface area contributed by atoms with E-state index in [0.29, 0.717) is 17.8 Å². The standard InChI is InChI=1S/C16H25NO4/c1-16(2,3)21-15(20)7-5-4-6-12-8-13(10-18)17-14(9-12)11-19/h8-9,18-19H,4-7,10-11H2,1-3H3. The van der Waals surface area contributed by atoms with Crippen LogP contribution < -0.4 is 0 Å². The molecule has 1 rings (SSSR count). The monoisotopic (exact) mass is 295 g/mol. The predicted molar refractivity (Wildman–Crippen MR) is 79.5 cm³/mol. The van der Waals surface area contributed by atoms with E-state index in [1.165, 1.54) is 0 Å². The van der Waals surface area contributed by atoms with Gasteiger partial charge in [0, 0.05) is 6.42 Å². The maximum absolute atomic E-state index is 11.6. The zero-order valence-electron chi connectivity index (χ0n) is 13.1. The molecular formula is C16H25NO4. The van der Waals surface area contributed by atoms with Crippen molar-refractivity contribution in [2.24, 2.45) is 0 Å². The van der Waals surface area contributed by atoms with Crippen molar-refractivity contribution in [2.45, 2.75) is 65.3 Å². The SMILES string of the molecule is CC(C)(C)OC(=O)CCCCc1cc(CO)nc(CO)c1. The fraction of sp³-hybridized carbons (Fsp3) is 0.625. The van der Waals surface area contributed by atoms with E-state index in [9.17, 15) is 4.79 Å². The number of aliphatic hydroxyl groups is 2. The summed E-state index contributed by atoms with van der Waals surface area (Å²) in [5.41, 5.74) is 1.70. The van der Waals surface area contributed by atoms with Crippen molar-refractivity contribution in [1.29, 1.82) is 0 Å². The summed E-state index contributed by atoms with van der Waals surface area (Å²) in [6, 6.07) is 3.65. The highest BCUT2D eigenvalue weighted by molar-refractivity contribution is 5.69. The molecule has 5 nitrogen and oxygen atoms in total. The maximum Gasteiger partial charge on any atom is 0.306 e. The van der Waals surface area contributed by atoms with Gasteiger partial charge in [-0.05, 0) is 57.7 Å². The third-order valence-electron chi connectivity index (χ3n) is 2.83. The van der Waals surface area contributed by atoms with Crippen LogP contribution in [0.3, 0.4) is 0 Å². The molecule has 0 amide bonds. The Kier molecular flexibility index (Phi) is 6.78. The Hall–Kier alpha value is -1.46. The van der Waals surface area contributed by atoms with E-state index in [-0.39, 0.29) is 19.2 Å². The molecule has 0 fully saturated rings. The van der Waals surface area contributed by atoms with Gasteiger partial charge in [-0.3, -0.25) is 9.78 Å². The van der Waals surface area contributed by atoms with Gasteiger partial charge < -0.3 is 14.9 Å². The number of unbranched alkanes of at least 4 members (excludes halogenated alkanes) is 1. The number of aliphatic hydroxyl groups excluding tert-OH is 2. The summed E-state index contributed by atoms with van der Waals surface area (Å²) in [7, 11) is 0. The summed E-state index contributed by atoms with van der Waals surface area (Å²) in [6.07, 6.45) is 2.78. The minimum atomic E-state index is -0.436. The molecule has 0 saturated heterocycles.